The maximum absolute atomic E-state index is 11.9. The van der Waals surface area contributed by atoms with Crippen LogP contribution in [0.1, 0.15) is 196 Å². The lowest BCUT2D eigenvalue weighted by Gasteiger charge is -2.18. The summed E-state index contributed by atoms with van der Waals surface area (Å²) in [5.41, 5.74) is 11.0. The van der Waals surface area contributed by atoms with Crippen molar-refractivity contribution in [2.24, 2.45) is 0 Å². The molecule has 0 aliphatic carbocycles. The summed E-state index contributed by atoms with van der Waals surface area (Å²) in [7, 11) is 0. The zero-order valence-electron chi connectivity index (χ0n) is 50.1. The maximum atomic E-state index is 11.9. The van der Waals surface area contributed by atoms with Gasteiger partial charge < -0.3 is 39.1 Å². The van der Waals surface area contributed by atoms with E-state index in [-0.39, 0.29) is 11.1 Å². The molecule has 0 saturated heterocycles. The molecule has 2 aliphatic heterocycles. The smallest absolute Gasteiger partial charge is 0.335 e. The van der Waals surface area contributed by atoms with Crippen molar-refractivity contribution >= 4 is 58.3 Å². The number of aromatic amines is 2. The molecule has 0 fully saturated rings. The van der Waals surface area contributed by atoms with E-state index in [0.717, 1.165) is 136 Å². The van der Waals surface area contributed by atoms with Gasteiger partial charge in [0.1, 0.15) is 23.0 Å². The monoisotopic (exact) mass is 1150 g/mol. The number of hydrogen-bond donors (Lipinski definition) is 4. The highest BCUT2D eigenvalue weighted by atomic mass is 16.5. The van der Waals surface area contributed by atoms with Crippen LogP contribution in [0.3, 0.4) is 0 Å². The van der Waals surface area contributed by atoms with Crippen LogP contribution < -0.4 is 18.9 Å². The Morgan fingerprint density at radius 3 is 1.00 bits per heavy atom. The molecule has 8 bridgehead atoms. The Hall–Kier alpha value is -9.26. The zero-order chi connectivity index (χ0) is 60.0. The lowest BCUT2D eigenvalue weighted by atomic mass is 10.0. The Morgan fingerprint density at radius 1 is 0.372 bits per heavy atom. The van der Waals surface area contributed by atoms with Crippen LogP contribution in [0.5, 0.6) is 23.0 Å². The second kappa shape index (κ2) is 31.0. The Kier molecular flexibility index (Phi) is 22.1. The number of carbonyl (C=O) groups is 2. The van der Waals surface area contributed by atoms with Crippen molar-refractivity contribution in [3.8, 4) is 68.9 Å². The number of unbranched alkanes of at least 4 members (excludes halogenated alkanes) is 12. The highest BCUT2D eigenvalue weighted by Gasteiger charge is 2.24. The first-order valence-electron chi connectivity index (χ1n) is 30.8. The van der Waals surface area contributed by atoms with Crippen LogP contribution in [0.25, 0.3) is 68.6 Å². The fourth-order valence-corrected chi connectivity index (χ4v) is 10.5. The molecule has 9 rings (SSSR count). The number of carboxylic acids is 2. The van der Waals surface area contributed by atoms with E-state index in [1.165, 1.54) is 0 Å². The van der Waals surface area contributed by atoms with E-state index in [1.54, 1.807) is 48.5 Å². The first kappa shape index (κ1) is 61.3. The highest BCUT2D eigenvalue weighted by Crippen LogP contribution is 2.45. The molecule has 0 saturated carbocycles. The molecular weight excluding hydrogens is 1070 g/mol. The van der Waals surface area contributed by atoms with Gasteiger partial charge in [0.25, 0.3) is 0 Å². The number of benzene rings is 4. The second-order valence-electron chi connectivity index (χ2n) is 21.7. The van der Waals surface area contributed by atoms with Gasteiger partial charge in [-0.05, 0) is 147 Å². The van der Waals surface area contributed by atoms with E-state index in [1.807, 2.05) is 85.0 Å². The molecule has 12 heteroatoms. The third kappa shape index (κ3) is 15.7. The summed E-state index contributed by atoms with van der Waals surface area (Å²) in [5.74, 6) is 14.3. The average molecular weight is 1150 g/mol. The Balaban J connectivity index is 1.38. The molecule has 0 amide bonds. The first-order chi connectivity index (χ1) is 42.2. The summed E-state index contributed by atoms with van der Waals surface area (Å²) in [5, 5.41) is 19.5. The van der Waals surface area contributed by atoms with Gasteiger partial charge in [0.05, 0.1) is 93.6 Å². The molecule has 442 valence electrons. The van der Waals surface area contributed by atoms with Crippen LogP contribution in [0.4, 0.5) is 0 Å². The molecular formula is C74H78N4O8. The van der Waals surface area contributed by atoms with Crippen LogP contribution >= 0.6 is 0 Å². The van der Waals surface area contributed by atoms with Crippen molar-refractivity contribution in [1.82, 2.24) is 19.9 Å². The summed E-state index contributed by atoms with van der Waals surface area (Å²) in [6.07, 6.45) is 24.6. The molecule has 0 spiro atoms. The van der Waals surface area contributed by atoms with Crippen molar-refractivity contribution in [2.75, 3.05) is 26.4 Å². The minimum absolute atomic E-state index is 0.167. The van der Waals surface area contributed by atoms with E-state index in [0.29, 0.717) is 105 Å². The van der Waals surface area contributed by atoms with Gasteiger partial charge in [0, 0.05) is 33.3 Å². The van der Waals surface area contributed by atoms with Crippen molar-refractivity contribution in [1.29, 1.82) is 0 Å². The van der Waals surface area contributed by atoms with Gasteiger partial charge in [-0.1, -0.05) is 141 Å². The zero-order valence-corrected chi connectivity index (χ0v) is 50.1. The molecule has 0 atom stereocenters. The van der Waals surface area contributed by atoms with Crippen LogP contribution in [0.15, 0.2) is 109 Å². The molecule has 5 heterocycles. The summed E-state index contributed by atoms with van der Waals surface area (Å²) in [6.45, 7) is 10.8. The molecule has 7 aromatic rings. The number of H-pyrrole nitrogens is 2. The Bertz CT molecular complexity index is 3550. The molecule has 0 unspecified atom stereocenters. The Labute approximate surface area is 505 Å². The number of aromatic carboxylic acids is 2. The van der Waals surface area contributed by atoms with Crippen molar-refractivity contribution in [2.45, 2.75) is 130 Å². The molecule has 86 heavy (non-hydrogen) atoms. The fraction of sp³-hybridized carbons (Fsp3) is 0.324. The van der Waals surface area contributed by atoms with E-state index >= 15 is 0 Å². The average Bonchev–Trinajstić information content (AvgIpc) is 2.88. The standard InChI is InChI=1S/C74H78N4O8/c1-5-9-13-17-47-83-65-23-21-24-66(84-48-18-14-10-6-2)71(65)69-61-43-39-57(75-61)55(37-31-51-27-33-53(34-28-51)73(79)80)59-41-45-63(77-59)70(72-67(85-49-19-15-11-7-3)25-22-26-68(72)86-50-20-16-12-8-4)64-46-42-60(78-64)56(58-40-44-62(69)76-58)38-32-52-29-35-54(36-30-52)74(81)82/h21-30,33-36,39-46,75,78H,5-20,47-50H2,1-4H3,(H,79,80)(H,81,82). The minimum Gasteiger partial charge on any atom is -0.493 e. The third-order valence-corrected chi connectivity index (χ3v) is 15.2. The number of fused-ring (bicyclic) bond motifs is 8. The van der Waals surface area contributed by atoms with E-state index in [2.05, 4.69) is 61.3 Å². The molecule has 3 aromatic heterocycles. The SMILES string of the molecule is CCCCCCOc1cccc(OCCCCCC)c1-c1c2nc(c(C#Cc3ccc(C(=O)O)cc3)c3ccc([nH]3)c(-c3c(OCCCCCC)cccc3OCCCCCC)c3nc(c(C#Cc4ccc(C(=O)O)cc4)c4ccc1[nH]4)C=C3)C=C2. The van der Waals surface area contributed by atoms with Gasteiger partial charge in [-0.3, -0.25) is 0 Å². The van der Waals surface area contributed by atoms with Gasteiger partial charge >= 0.3 is 11.9 Å². The number of nitrogens with zero attached hydrogens (tertiary/aromatic N) is 2. The molecule has 0 radical (unpaired) electrons. The predicted molar refractivity (Wildman–Crippen MR) is 347 cm³/mol. The summed E-state index contributed by atoms with van der Waals surface area (Å²) in [4.78, 5) is 42.5. The van der Waals surface area contributed by atoms with Crippen molar-refractivity contribution < 1.29 is 38.7 Å². The fourth-order valence-electron chi connectivity index (χ4n) is 10.5. The first-order valence-corrected chi connectivity index (χ1v) is 30.8. The summed E-state index contributed by atoms with van der Waals surface area (Å²) < 4.78 is 27.2. The van der Waals surface area contributed by atoms with Gasteiger partial charge in [0.2, 0.25) is 0 Å². The Morgan fingerprint density at radius 2 is 0.686 bits per heavy atom. The van der Waals surface area contributed by atoms with Crippen LogP contribution in [-0.2, 0) is 0 Å². The number of ether oxygens (including phenoxy) is 4. The van der Waals surface area contributed by atoms with Crippen molar-refractivity contribution in [3.63, 3.8) is 0 Å². The lowest BCUT2D eigenvalue weighted by Crippen LogP contribution is -2.04. The quantitative estimate of drug-likeness (QED) is 0.0274. The van der Waals surface area contributed by atoms with Crippen LogP contribution in [0, 0.1) is 23.7 Å². The minimum atomic E-state index is -1.02. The lowest BCUT2D eigenvalue weighted by molar-refractivity contribution is 0.0686. The van der Waals surface area contributed by atoms with Gasteiger partial charge in [0.15, 0.2) is 0 Å². The number of rotatable bonds is 28. The number of carboxylic acid groups (broad SMARTS) is 2. The van der Waals surface area contributed by atoms with Gasteiger partial charge in [-0.2, -0.15) is 0 Å². The summed E-state index contributed by atoms with van der Waals surface area (Å²) >= 11 is 0. The molecule has 12 nitrogen and oxygen atoms in total. The van der Waals surface area contributed by atoms with E-state index in [9.17, 15) is 19.8 Å². The molecule has 4 N–H and O–H groups in total. The number of nitrogens with one attached hydrogen (secondary N) is 2. The third-order valence-electron chi connectivity index (χ3n) is 15.2. The van der Waals surface area contributed by atoms with Crippen molar-refractivity contribution in [3.05, 3.63) is 165 Å². The largest absolute Gasteiger partial charge is 0.493 e. The highest BCUT2D eigenvalue weighted by molar-refractivity contribution is 5.99. The number of aromatic nitrogens is 4. The van der Waals surface area contributed by atoms with Gasteiger partial charge in [-0.25, -0.2) is 19.6 Å². The summed E-state index contributed by atoms with van der Waals surface area (Å²) in [6, 6.07) is 33.1. The number of hydrogen-bond acceptors (Lipinski definition) is 8. The van der Waals surface area contributed by atoms with Gasteiger partial charge in [-0.15, -0.1) is 0 Å². The van der Waals surface area contributed by atoms with E-state index < -0.39 is 11.9 Å². The van der Waals surface area contributed by atoms with E-state index in [4.69, 9.17) is 28.9 Å². The molecule has 2 aliphatic rings. The van der Waals surface area contributed by atoms with Crippen LogP contribution in [0.2, 0.25) is 0 Å². The molecule has 4 aromatic carbocycles. The topological polar surface area (TPSA) is 169 Å². The predicted octanol–water partition coefficient (Wildman–Crippen LogP) is 18.0. The van der Waals surface area contributed by atoms with Crippen LogP contribution in [-0.4, -0.2) is 68.5 Å². The maximum Gasteiger partial charge on any atom is 0.335 e. The second-order valence-corrected chi connectivity index (χ2v) is 21.7. The normalized spacial score (nSPS) is 11.4.